The number of rotatable bonds is 4. The summed E-state index contributed by atoms with van der Waals surface area (Å²) in [5, 5.41) is 9.19. The Morgan fingerprint density at radius 2 is 1.90 bits per heavy atom. The van der Waals surface area contributed by atoms with Gasteiger partial charge in [0.2, 0.25) is 0 Å². The molecular formula is C22H26N2O3S2. The molecule has 0 radical (unpaired) electrons. The highest BCUT2D eigenvalue weighted by Crippen LogP contribution is 2.38. The molecule has 0 spiro atoms. The average molecular weight is 431 g/mol. The zero-order chi connectivity index (χ0) is 20.5. The molecule has 4 rings (SSSR count). The summed E-state index contributed by atoms with van der Waals surface area (Å²) in [6.45, 7) is 3.74. The summed E-state index contributed by atoms with van der Waals surface area (Å²) in [6.07, 6.45) is 8.60. The van der Waals surface area contributed by atoms with Crippen molar-refractivity contribution in [3.63, 3.8) is 0 Å². The Hall–Kier alpha value is -1.86. The average Bonchev–Trinajstić information content (AvgIpc) is 3.00. The third-order valence-corrected chi connectivity index (χ3v) is 7.75. The van der Waals surface area contributed by atoms with E-state index < -0.39 is 12.0 Å². The molecule has 1 aromatic carbocycles. The number of fused-ring (bicyclic) bond motifs is 1. The third-order valence-electron chi connectivity index (χ3n) is 6.42. The van der Waals surface area contributed by atoms with Crippen LogP contribution in [0, 0.1) is 11.8 Å². The van der Waals surface area contributed by atoms with Crippen molar-refractivity contribution in [2.45, 2.75) is 45.1 Å². The first-order valence-corrected chi connectivity index (χ1v) is 11.5. The second-order valence-electron chi connectivity index (χ2n) is 8.20. The zero-order valence-corrected chi connectivity index (χ0v) is 18.2. The number of amides is 1. The summed E-state index contributed by atoms with van der Waals surface area (Å²) >= 11 is 6.38. The number of nitrogens with zero attached hydrogens (tertiary/aromatic N) is 2. The lowest BCUT2D eigenvalue weighted by atomic mass is 9.75. The molecule has 29 heavy (non-hydrogen) atoms. The first kappa shape index (κ1) is 20.4. The topological polar surface area (TPSA) is 60.9 Å². The molecule has 0 bridgehead atoms. The Bertz CT molecular complexity index is 852. The van der Waals surface area contributed by atoms with E-state index in [9.17, 15) is 14.7 Å². The van der Waals surface area contributed by atoms with Crippen LogP contribution in [-0.2, 0) is 9.59 Å². The maximum Gasteiger partial charge on any atom is 0.326 e. The van der Waals surface area contributed by atoms with Crippen molar-refractivity contribution in [1.29, 1.82) is 0 Å². The summed E-state index contributed by atoms with van der Waals surface area (Å²) in [6, 6.07) is 7.33. The Morgan fingerprint density at radius 1 is 1.21 bits per heavy atom. The van der Waals surface area contributed by atoms with Gasteiger partial charge >= 0.3 is 5.97 Å². The molecule has 3 aliphatic rings. The predicted molar refractivity (Wildman–Crippen MR) is 121 cm³/mol. The van der Waals surface area contributed by atoms with Gasteiger partial charge in [-0.15, -0.1) is 0 Å². The van der Waals surface area contributed by atoms with Crippen molar-refractivity contribution in [3.05, 3.63) is 34.7 Å². The van der Waals surface area contributed by atoms with Gasteiger partial charge in [0.05, 0.1) is 4.91 Å². The van der Waals surface area contributed by atoms with Gasteiger partial charge in [0, 0.05) is 18.8 Å². The Morgan fingerprint density at radius 3 is 2.59 bits per heavy atom. The zero-order valence-electron chi connectivity index (χ0n) is 16.5. The molecule has 5 nitrogen and oxygen atoms in total. The summed E-state index contributed by atoms with van der Waals surface area (Å²) in [7, 11) is 0. The smallest absolute Gasteiger partial charge is 0.326 e. The van der Waals surface area contributed by atoms with E-state index in [-0.39, 0.29) is 5.91 Å². The standard InChI is InChI=1S/C22H26N2O3S2/c1-14(21(26)27)24-20(25)19(29-22(24)28)12-15-6-8-18(9-7-15)23-11-10-16-4-2-3-5-17(16)13-23/h6-9,12,14,16-17H,2-5,10-11,13H2,1H3,(H,26,27)/b19-12-/t14?,16-,17+/m0/s1. The summed E-state index contributed by atoms with van der Waals surface area (Å²) in [5.41, 5.74) is 2.16. The minimum Gasteiger partial charge on any atom is -0.480 e. The van der Waals surface area contributed by atoms with Crippen molar-refractivity contribution >= 4 is 51.9 Å². The van der Waals surface area contributed by atoms with Crippen LogP contribution < -0.4 is 4.90 Å². The van der Waals surface area contributed by atoms with Crippen LogP contribution in [0.5, 0.6) is 0 Å². The van der Waals surface area contributed by atoms with Crippen molar-refractivity contribution in [1.82, 2.24) is 4.90 Å². The van der Waals surface area contributed by atoms with Crippen molar-refractivity contribution in [3.8, 4) is 0 Å². The molecule has 1 unspecified atom stereocenters. The van der Waals surface area contributed by atoms with Crippen molar-refractivity contribution in [2.75, 3.05) is 18.0 Å². The number of hydrogen-bond acceptors (Lipinski definition) is 5. The van der Waals surface area contributed by atoms with Gasteiger partial charge in [-0.2, -0.15) is 0 Å². The second kappa shape index (κ2) is 8.48. The number of carboxylic acids is 1. The van der Waals surface area contributed by atoms with Gasteiger partial charge in [0.1, 0.15) is 10.4 Å². The highest BCUT2D eigenvalue weighted by Gasteiger charge is 2.38. The van der Waals surface area contributed by atoms with E-state index >= 15 is 0 Å². The number of anilines is 1. The number of thioether (sulfide) groups is 1. The molecule has 3 atom stereocenters. The first-order chi connectivity index (χ1) is 13.9. The minimum absolute atomic E-state index is 0.295. The van der Waals surface area contributed by atoms with Crippen LogP contribution in [0.4, 0.5) is 5.69 Å². The maximum absolute atomic E-state index is 12.6. The van der Waals surface area contributed by atoms with Gasteiger partial charge in [-0.25, -0.2) is 4.79 Å². The quantitative estimate of drug-likeness (QED) is 0.565. The Labute approximate surface area is 181 Å². The lowest BCUT2D eigenvalue weighted by molar-refractivity contribution is -0.144. The molecule has 2 aliphatic heterocycles. The molecular weight excluding hydrogens is 404 g/mol. The van der Waals surface area contributed by atoms with Gasteiger partial charge in [-0.1, -0.05) is 55.4 Å². The molecule has 0 aromatic heterocycles. The van der Waals surface area contributed by atoms with Crippen molar-refractivity contribution in [2.24, 2.45) is 11.8 Å². The SMILES string of the molecule is CC(C(=O)O)N1C(=O)/C(=C/c2ccc(N3CC[C@@H]4CCCC[C@@H]4C3)cc2)SC1=S. The molecule has 154 valence electrons. The van der Waals surface area contributed by atoms with Crippen LogP contribution in [0.15, 0.2) is 29.2 Å². The molecule has 3 fully saturated rings. The number of thiocarbonyl (C=S) groups is 1. The summed E-state index contributed by atoms with van der Waals surface area (Å²) in [4.78, 5) is 28.0. The Balaban J connectivity index is 1.45. The van der Waals surface area contributed by atoms with Crippen LogP contribution in [0.25, 0.3) is 6.08 Å². The predicted octanol–water partition coefficient (Wildman–Crippen LogP) is 4.38. The van der Waals surface area contributed by atoms with Gasteiger partial charge in [0.25, 0.3) is 5.91 Å². The highest BCUT2D eigenvalue weighted by molar-refractivity contribution is 8.26. The molecule has 1 aromatic rings. The summed E-state index contributed by atoms with van der Waals surface area (Å²) < 4.78 is 0.295. The van der Waals surface area contributed by atoms with Gasteiger partial charge in [0.15, 0.2) is 0 Å². The third kappa shape index (κ3) is 4.21. The maximum atomic E-state index is 12.6. The number of carbonyl (C=O) groups excluding carboxylic acids is 1. The fourth-order valence-electron chi connectivity index (χ4n) is 4.69. The number of piperidine rings is 1. The molecule has 1 N–H and O–H groups in total. The molecule has 2 heterocycles. The van der Waals surface area contributed by atoms with Gasteiger partial charge in [-0.05, 0) is 55.4 Å². The number of benzene rings is 1. The van der Waals surface area contributed by atoms with Crippen molar-refractivity contribution < 1.29 is 14.7 Å². The highest BCUT2D eigenvalue weighted by atomic mass is 32.2. The van der Waals surface area contributed by atoms with Crippen LogP contribution in [0.1, 0.15) is 44.6 Å². The molecule has 1 aliphatic carbocycles. The summed E-state index contributed by atoms with van der Waals surface area (Å²) in [5.74, 6) is 0.344. The van der Waals surface area contributed by atoms with E-state index in [1.807, 2.05) is 12.1 Å². The lowest BCUT2D eigenvalue weighted by Crippen LogP contribution is -2.41. The van der Waals surface area contributed by atoms with E-state index in [0.717, 1.165) is 42.3 Å². The van der Waals surface area contributed by atoms with Crippen LogP contribution in [0.2, 0.25) is 0 Å². The van der Waals surface area contributed by atoms with E-state index in [2.05, 4.69) is 17.0 Å². The van der Waals surface area contributed by atoms with Crippen LogP contribution in [-0.4, -0.2) is 45.3 Å². The van der Waals surface area contributed by atoms with Gasteiger partial charge < -0.3 is 10.0 Å². The van der Waals surface area contributed by atoms with Gasteiger partial charge in [-0.3, -0.25) is 9.69 Å². The molecule has 1 amide bonds. The van der Waals surface area contributed by atoms with E-state index in [4.69, 9.17) is 12.2 Å². The fraction of sp³-hybridized carbons (Fsp3) is 0.500. The fourth-order valence-corrected chi connectivity index (χ4v) is 6.11. The Kier molecular flexibility index (Phi) is 5.97. The van der Waals surface area contributed by atoms with E-state index in [0.29, 0.717) is 9.23 Å². The second-order valence-corrected chi connectivity index (χ2v) is 9.87. The molecule has 1 saturated carbocycles. The van der Waals surface area contributed by atoms with E-state index in [1.165, 1.54) is 49.6 Å². The largest absolute Gasteiger partial charge is 0.480 e. The number of carboxylic acid groups (broad SMARTS) is 1. The monoisotopic (exact) mass is 430 g/mol. The minimum atomic E-state index is -1.06. The first-order valence-electron chi connectivity index (χ1n) is 10.3. The van der Waals surface area contributed by atoms with E-state index in [1.54, 1.807) is 6.08 Å². The normalized spacial score (nSPS) is 27.3. The molecule has 2 saturated heterocycles. The lowest BCUT2D eigenvalue weighted by Gasteiger charge is -2.42. The number of carbonyl (C=O) groups is 2. The number of hydrogen-bond donors (Lipinski definition) is 1. The number of aliphatic carboxylic acids is 1. The van der Waals surface area contributed by atoms with Crippen LogP contribution >= 0.6 is 24.0 Å². The molecule has 7 heteroatoms. The van der Waals surface area contributed by atoms with Crippen LogP contribution in [0.3, 0.4) is 0 Å².